The number of carbonyl (C=O) groups is 1. The molecule has 4 heteroatoms. The Bertz CT molecular complexity index is 1010. The molecule has 0 radical (unpaired) electrons. The molecule has 2 aromatic carbocycles. The largest absolute Gasteiger partial charge is 0.312 e. The maximum absolute atomic E-state index is 12.4. The number of amides is 1. The van der Waals surface area contributed by atoms with E-state index in [-0.39, 0.29) is 5.91 Å². The molecular weight excluding hydrogens is 328 g/mol. The van der Waals surface area contributed by atoms with E-state index in [4.69, 9.17) is 0 Å². The van der Waals surface area contributed by atoms with Gasteiger partial charge >= 0.3 is 0 Å². The van der Waals surface area contributed by atoms with Crippen LogP contribution in [-0.2, 0) is 17.8 Å². The van der Waals surface area contributed by atoms with Crippen molar-refractivity contribution in [1.82, 2.24) is 4.57 Å². The number of aryl methyl sites for hydroxylation is 3. The molecular formula is C21H22N2OS. The minimum atomic E-state index is -0.123. The fourth-order valence-corrected chi connectivity index (χ4v) is 3.88. The Labute approximate surface area is 152 Å². The fraction of sp³-hybridized carbons (Fsp3) is 0.238. The molecule has 128 valence electrons. The third kappa shape index (κ3) is 3.80. The number of aromatic nitrogens is 1. The lowest BCUT2D eigenvalue weighted by molar-refractivity contribution is -0.117. The highest BCUT2D eigenvalue weighted by atomic mass is 32.1. The van der Waals surface area contributed by atoms with Gasteiger partial charge < -0.3 is 4.57 Å². The number of rotatable bonds is 4. The summed E-state index contributed by atoms with van der Waals surface area (Å²) in [6.45, 7) is 10.7. The molecule has 3 rings (SSSR count). The van der Waals surface area contributed by atoms with Gasteiger partial charge in [-0.05, 0) is 49.6 Å². The van der Waals surface area contributed by atoms with Crippen LogP contribution in [0.4, 0.5) is 0 Å². The first-order chi connectivity index (χ1) is 12.0. The van der Waals surface area contributed by atoms with Crippen molar-refractivity contribution in [3.05, 3.63) is 76.1 Å². The zero-order valence-corrected chi connectivity index (χ0v) is 15.7. The smallest absolute Gasteiger partial charge is 0.252 e. The van der Waals surface area contributed by atoms with E-state index < -0.39 is 0 Å². The van der Waals surface area contributed by atoms with Crippen LogP contribution < -0.4 is 4.80 Å². The Morgan fingerprint density at radius 1 is 1.16 bits per heavy atom. The number of hydrogen-bond acceptors (Lipinski definition) is 2. The second-order valence-corrected chi connectivity index (χ2v) is 7.37. The quantitative estimate of drug-likeness (QED) is 0.639. The van der Waals surface area contributed by atoms with E-state index in [9.17, 15) is 4.79 Å². The van der Waals surface area contributed by atoms with Gasteiger partial charge in [-0.1, -0.05) is 47.2 Å². The summed E-state index contributed by atoms with van der Waals surface area (Å²) in [5.41, 5.74) is 5.77. The van der Waals surface area contributed by atoms with Crippen molar-refractivity contribution in [1.29, 1.82) is 0 Å². The van der Waals surface area contributed by atoms with E-state index >= 15 is 0 Å². The van der Waals surface area contributed by atoms with E-state index in [0.717, 1.165) is 20.6 Å². The average Bonchev–Trinajstić information content (AvgIpc) is 2.87. The maximum Gasteiger partial charge on any atom is 0.252 e. The minimum absolute atomic E-state index is 0.123. The van der Waals surface area contributed by atoms with Crippen LogP contribution in [0.2, 0.25) is 0 Å². The van der Waals surface area contributed by atoms with Crippen LogP contribution in [0.5, 0.6) is 0 Å². The molecule has 0 saturated heterocycles. The van der Waals surface area contributed by atoms with Crippen molar-refractivity contribution < 1.29 is 4.79 Å². The molecule has 3 nitrogen and oxygen atoms in total. The van der Waals surface area contributed by atoms with Gasteiger partial charge in [0.15, 0.2) is 4.80 Å². The van der Waals surface area contributed by atoms with Crippen molar-refractivity contribution in [3.63, 3.8) is 0 Å². The van der Waals surface area contributed by atoms with Crippen LogP contribution in [0.3, 0.4) is 0 Å². The van der Waals surface area contributed by atoms with Crippen LogP contribution in [0.15, 0.2) is 54.0 Å². The molecule has 1 heterocycles. The van der Waals surface area contributed by atoms with E-state index in [1.807, 2.05) is 37.3 Å². The van der Waals surface area contributed by atoms with Gasteiger partial charge in [-0.3, -0.25) is 4.79 Å². The first kappa shape index (κ1) is 17.4. The molecule has 0 spiro atoms. The Hall–Kier alpha value is -2.46. The number of carbonyl (C=O) groups excluding carboxylic acids is 1. The van der Waals surface area contributed by atoms with Gasteiger partial charge in [-0.15, -0.1) is 6.58 Å². The van der Waals surface area contributed by atoms with Gasteiger partial charge in [0.1, 0.15) is 0 Å². The predicted octanol–water partition coefficient (Wildman–Crippen LogP) is 4.48. The van der Waals surface area contributed by atoms with Crippen molar-refractivity contribution in [2.45, 2.75) is 33.7 Å². The number of fused-ring (bicyclic) bond motifs is 1. The summed E-state index contributed by atoms with van der Waals surface area (Å²) in [4.78, 5) is 17.6. The van der Waals surface area contributed by atoms with E-state index in [2.05, 4.69) is 42.1 Å². The molecule has 1 aromatic heterocycles. The number of nitrogens with zero attached hydrogens (tertiary/aromatic N) is 2. The molecule has 0 aliphatic heterocycles. The predicted molar refractivity (Wildman–Crippen MR) is 105 cm³/mol. The second-order valence-electron chi connectivity index (χ2n) is 6.36. The molecule has 0 N–H and O–H groups in total. The summed E-state index contributed by atoms with van der Waals surface area (Å²) < 4.78 is 3.21. The molecule has 1 amide bonds. The van der Waals surface area contributed by atoms with Gasteiger partial charge in [-0.2, -0.15) is 4.99 Å². The van der Waals surface area contributed by atoms with E-state index in [1.165, 1.54) is 16.7 Å². The van der Waals surface area contributed by atoms with Gasteiger partial charge in [0.25, 0.3) is 5.91 Å². The lowest BCUT2D eigenvalue weighted by atomic mass is 10.1. The van der Waals surface area contributed by atoms with Crippen LogP contribution in [0.25, 0.3) is 10.2 Å². The SMILES string of the molecule is C=CCn1c(=NC(=O)Cc2ccc(C)cc2)sc2cc(C)c(C)cc21. The highest BCUT2D eigenvalue weighted by molar-refractivity contribution is 7.16. The normalized spacial score (nSPS) is 11.9. The third-order valence-corrected chi connectivity index (χ3v) is 5.35. The van der Waals surface area contributed by atoms with Gasteiger partial charge in [-0.25, -0.2) is 0 Å². The van der Waals surface area contributed by atoms with Crippen molar-refractivity contribution in [2.75, 3.05) is 0 Å². The number of hydrogen-bond donors (Lipinski definition) is 0. The molecule has 3 aromatic rings. The molecule has 25 heavy (non-hydrogen) atoms. The summed E-state index contributed by atoms with van der Waals surface area (Å²) in [5.74, 6) is -0.123. The molecule has 0 aliphatic carbocycles. The average molecular weight is 350 g/mol. The first-order valence-corrected chi connectivity index (χ1v) is 9.14. The van der Waals surface area contributed by atoms with Crippen LogP contribution in [-0.4, -0.2) is 10.5 Å². The highest BCUT2D eigenvalue weighted by Crippen LogP contribution is 2.22. The minimum Gasteiger partial charge on any atom is -0.312 e. The lowest BCUT2D eigenvalue weighted by Gasteiger charge is -2.04. The zero-order chi connectivity index (χ0) is 18.0. The molecule has 0 unspecified atom stereocenters. The maximum atomic E-state index is 12.4. The van der Waals surface area contributed by atoms with E-state index in [1.54, 1.807) is 11.3 Å². The molecule has 0 aliphatic rings. The second kappa shape index (κ2) is 7.19. The summed E-state index contributed by atoms with van der Waals surface area (Å²) in [6.07, 6.45) is 2.16. The molecule has 0 saturated carbocycles. The van der Waals surface area contributed by atoms with Crippen LogP contribution in [0.1, 0.15) is 22.3 Å². The van der Waals surface area contributed by atoms with Crippen molar-refractivity contribution in [2.24, 2.45) is 4.99 Å². The molecule has 0 fully saturated rings. The topological polar surface area (TPSA) is 34.4 Å². The fourth-order valence-electron chi connectivity index (χ4n) is 2.74. The van der Waals surface area contributed by atoms with E-state index in [0.29, 0.717) is 13.0 Å². The summed E-state index contributed by atoms with van der Waals surface area (Å²) in [6, 6.07) is 12.3. The Morgan fingerprint density at radius 2 is 1.84 bits per heavy atom. The first-order valence-electron chi connectivity index (χ1n) is 8.32. The standard InChI is InChI=1S/C21H22N2OS/c1-5-10-23-18-11-15(3)16(4)12-19(18)25-21(23)22-20(24)13-17-8-6-14(2)7-9-17/h5-9,11-12H,1,10,13H2,2-4H3. The van der Waals surface area contributed by atoms with Crippen molar-refractivity contribution in [3.8, 4) is 0 Å². The number of allylic oxidation sites excluding steroid dienone is 1. The summed E-state index contributed by atoms with van der Waals surface area (Å²) in [7, 11) is 0. The lowest BCUT2D eigenvalue weighted by Crippen LogP contribution is -2.17. The Kier molecular flexibility index (Phi) is 5.00. The highest BCUT2D eigenvalue weighted by Gasteiger charge is 2.09. The van der Waals surface area contributed by atoms with Gasteiger partial charge in [0.2, 0.25) is 0 Å². The van der Waals surface area contributed by atoms with Crippen molar-refractivity contribution >= 4 is 27.5 Å². The van der Waals surface area contributed by atoms with Gasteiger partial charge in [0, 0.05) is 6.54 Å². The van der Waals surface area contributed by atoms with Gasteiger partial charge in [0.05, 0.1) is 16.6 Å². The number of thiazole rings is 1. The van der Waals surface area contributed by atoms with Crippen LogP contribution in [0, 0.1) is 20.8 Å². The number of benzene rings is 2. The van der Waals surface area contributed by atoms with Crippen LogP contribution >= 0.6 is 11.3 Å². The summed E-state index contributed by atoms with van der Waals surface area (Å²) in [5, 5.41) is 0. The Balaban J connectivity index is 2.02. The monoisotopic (exact) mass is 350 g/mol. The molecule has 0 bridgehead atoms. The zero-order valence-electron chi connectivity index (χ0n) is 14.9. The third-order valence-electron chi connectivity index (χ3n) is 4.31. The Morgan fingerprint density at radius 3 is 2.52 bits per heavy atom. The molecule has 0 atom stereocenters. The summed E-state index contributed by atoms with van der Waals surface area (Å²) >= 11 is 1.56.